The zero-order valence-corrected chi connectivity index (χ0v) is 11.7. The van der Waals surface area contributed by atoms with Gasteiger partial charge in [-0.25, -0.2) is 0 Å². The largest absolute Gasteiger partial charge is 0.0732 e. The Morgan fingerprint density at radius 2 is 1.00 bits per heavy atom. The summed E-state index contributed by atoms with van der Waals surface area (Å²) < 4.78 is 0. The lowest BCUT2D eigenvalue weighted by molar-refractivity contribution is 1.03. The maximum atomic E-state index is 2.24. The third kappa shape index (κ3) is 3.70. The Kier molecular flexibility index (Phi) is 5.64. The highest BCUT2D eigenvalue weighted by Crippen LogP contribution is 2.26. The molecule has 0 aliphatic heterocycles. The van der Waals surface area contributed by atoms with Crippen molar-refractivity contribution >= 4 is 0 Å². The molecule has 0 aromatic rings. The van der Waals surface area contributed by atoms with Crippen LogP contribution in [0.4, 0.5) is 0 Å². The fourth-order valence-corrected chi connectivity index (χ4v) is 1.71. The van der Waals surface area contributed by atoms with Crippen molar-refractivity contribution < 1.29 is 0 Å². The van der Waals surface area contributed by atoms with Crippen LogP contribution in [0.25, 0.3) is 0 Å². The summed E-state index contributed by atoms with van der Waals surface area (Å²) in [5.41, 5.74) is 8.70. The Bertz CT molecular complexity index is 314. The first-order chi connectivity index (χ1) is 6.82. The quantitative estimate of drug-likeness (QED) is 0.540. The fourth-order valence-electron chi connectivity index (χ4n) is 1.71. The molecule has 0 rings (SSSR count). The maximum Gasteiger partial charge on any atom is -0.0302 e. The van der Waals surface area contributed by atoms with Crippen LogP contribution < -0.4 is 0 Å². The highest BCUT2D eigenvalue weighted by atomic mass is 14.1. The molecule has 0 aliphatic carbocycles. The van der Waals surface area contributed by atoms with Crippen molar-refractivity contribution in [3.63, 3.8) is 0 Å². The molecule has 0 radical (unpaired) electrons. The molecule has 0 saturated heterocycles. The molecule has 0 aromatic heterocycles. The summed E-state index contributed by atoms with van der Waals surface area (Å²) in [6.45, 7) is 17.7. The summed E-state index contributed by atoms with van der Waals surface area (Å²) >= 11 is 0. The number of hydrogen-bond donors (Lipinski definition) is 0. The average Bonchev–Trinajstić information content (AvgIpc) is 2.16. The van der Waals surface area contributed by atoms with Crippen molar-refractivity contribution in [2.24, 2.45) is 0 Å². The van der Waals surface area contributed by atoms with E-state index < -0.39 is 0 Å². The van der Waals surface area contributed by atoms with Gasteiger partial charge in [0.25, 0.3) is 0 Å². The van der Waals surface area contributed by atoms with E-state index in [0.717, 1.165) is 6.42 Å². The summed E-state index contributed by atoms with van der Waals surface area (Å²) in [5, 5.41) is 0. The molecule has 0 N–H and O–H groups in total. The van der Waals surface area contributed by atoms with Crippen LogP contribution in [-0.2, 0) is 0 Å². The third-order valence-electron chi connectivity index (χ3n) is 3.32. The van der Waals surface area contributed by atoms with Gasteiger partial charge in [0.05, 0.1) is 0 Å². The lowest BCUT2D eigenvalue weighted by Crippen LogP contribution is -1.95. The van der Waals surface area contributed by atoms with Gasteiger partial charge in [-0.15, -0.1) is 0 Å². The average molecular weight is 206 g/mol. The van der Waals surface area contributed by atoms with Crippen LogP contribution in [0.5, 0.6) is 0 Å². The minimum atomic E-state index is 1.12. The molecule has 0 bridgehead atoms. The highest BCUT2D eigenvalue weighted by Gasteiger charge is 2.06. The van der Waals surface area contributed by atoms with Gasteiger partial charge in [-0.3, -0.25) is 0 Å². The Morgan fingerprint density at radius 1 is 0.600 bits per heavy atom. The topological polar surface area (TPSA) is 0 Å². The molecule has 0 heterocycles. The highest BCUT2D eigenvalue weighted by molar-refractivity contribution is 5.44. The van der Waals surface area contributed by atoms with E-state index in [1.165, 1.54) is 33.4 Å². The van der Waals surface area contributed by atoms with Crippen LogP contribution in [-0.4, -0.2) is 0 Å². The molecule has 0 aromatic carbocycles. The van der Waals surface area contributed by atoms with E-state index in [1.54, 1.807) is 0 Å². The number of allylic oxidation sites excluding steroid dienone is 6. The van der Waals surface area contributed by atoms with Crippen LogP contribution >= 0.6 is 0 Å². The second-order valence-electron chi connectivity index (χ2n) is 4.71. The molecule has 15 heavy (non-hydrogen) atoms. The van der Waals surface area contributed by atoms with E-state index in [9.17, 15) is 0 Å². The number of hydrogen-bond acceptors (Lipinski definition) is 0. The fraction of sp³-hybridized carbons (Fsp3) is 0.600. The first-order valence-electron chi connectivity index (χ1n) is 5.81. The SMILES string of the molecule is CC/C(C(C)=C(C)C)=C(\C)C(C)=C(C)C. The summed E-state index contributed by atoms with van der Waals surface area (Å²) in [6.07, 6.45) is 1.12. The van der Waals surface area contributed by atoms with Gasteiger partial charge in [0.1, 0.15) is 0 Å². The molecule has 0 nitrogen and oxygen atoms in total. The van der Waals surface area contributed by atoms with Crippen molar-refractivity contribution in [2.45, 2.75) is 61.8 Å². The lowest BCUT2D eigenvalue weighted by atomic mass is 9.91. The summed E-state index contributed by atoms with van der Waals surface area (Å²) in [7, 11) is 0. The normalized spacial score (nSPS) is 12.0. The van der Waals surface area contributed by atoms with E-state index in [0.29, 0.717) is 0 Å². The smallest absolute Gasteiger partial charge is 0.0302 e. The molecule has 0 saturated carbocycles. The molecule has 0 fully saturated rings. The Hall–Kier alpha value is -0.780. The summed E-state index contributed by atoms with van der Waals surface area (Å²) in [4.78, 5) is 0. The van der Waals surface area contributed by atoms with Gasteiger partial charge in [-0.1, -0.05) is 18.1 Å². The van der Waals surface area contributed by atoms with Crippen LogP contribution in [0.3, 0.4) is 0 Å². The molecule has 0 amide bonds. The maximum absolute atomic E-state index is 2.24. The van der Waals surface area contributed by atoms with E-state index in [4.69, 9.17) is 0 Å². The summed E-state index contributed by atoms with van der Waals surface area (Å²) in [5.74, 6) is 0. The van der Waals surface area contributed by atoms with Gasteiger partial charge in [-0.2, -0.15) is 0 Å². The van der Waals surface area contributed by atoms with Crippen LogP contribution in [0, 0.1) is 0 Å². The minimum Gasteiger partial charge on any atom is -0.0732 e. The van der Waals surface area contributed by atoms with Crippen LogP contribution in [0.2, 0.25) is 0 Å². The predicted molar refractivity (Wildman–Crippen MR) is 71.1 cm³/mol. The predicted octanol–water partition coefficient (Wildman–Crippen LogP) is 5.43. The van der Waals surface area contributed by atoms with Crippen molar-refractivity contribution in [2.75, 3.05) is 0 Å². The monoisotopic (exact) mass is 206 g/mol. The van der Waals surface area contributed by atoms with Crippen molar-refractivity contribution in [3.05, 3.63) is 33.4 Å². The third-order valence-corrected chi connectivity index (χ3v) is 3.32. The molecular weight excluding hydrogens is 180 g/mol. The molecule has 0 spiro atoms. The Balaban J connectivity index is 5.57. The van der Waals surface area contributed by atoms with Crippen molar-refractivity contribution in [3.8, 4) is 0 Å². The van der Waals surface area contributed by atoms with Crippen LogP contribution in [0.1, 0.15) is 61.8 Å². The van der Waals surface area contributed by atoms with Crippen LogP contribution in [0.15, 0.2) is 33.4 Å². The lowest BCUT2D eigenvalue weighted by Gasteiger charge is -2.15. The Morgan fingerprint density at radius 3 is 1.27 bits per heavy atom. The first kappa shape index (κ1) is 14.2. The number of rotatable bonds is 3. The zero-order valence-electron chi connectivity index (χ0n) is 11.7. The second-order valence-corrected chi connectivity index (χ2v) is 4.71. The molecule has 0 aliphatic rings. The zero-order chi connectivity index (χ0) is 12.2. The van der Waals surface area contributed by atoms with E-state index in [2.05, 4.69) is 55.4 Å². The van der Waals surface area contributed by atoms with E-state index >= 15 is 0 Å². The van der Waals surface area contributed by atoms with Gasteiger partial charge in [0.2, 0.25) is 0 Å². The second kappa shape index (κ2) is 5.95. The van der Waals surface area contributed by atoms with Gasteiger partial charge in [0.15, 0.2) is 0 Å². The molecular formula is C15H26. The molecule has 0 unspecified atom stereocenters. The first-order valence-corrected chi connectivity index (χ1v) is 5.81. The van der Waals surface area contributed by atoms with Gasteiger partial charge in [-0.05, 0) is 77.2 Å². The molecule has 0 atom stereocenters. The van der Waals surface area contributed by atoms with Gasteiger partial charge in [0, 0.05) is 0 Å². The van der Waals surface area contributed by atoms with Gasteiger partial charge >= 0.3 is 0 Å². The van der Waals surface area contributed by atoms with Crippen molar-refractivity contribution in [1.82, 2.24) is 0 Å². The Labute approximate surface area is 95.8 Å². The van der Waals surface area contributed by atoms with E-state index in [1.807, 2.05) is 0 Å². The molecule has 0 heteroatoms. The molecule has 86 valence electrons. The summed E-state index contributed by atoms with van der Waals surface area (Å²) in [6, 6.07) is 0. The van der Waals surface area contributed by atoms with Crippen molar-refractivity contribution in [1.29, 1.82) is 0 Å². The minimum absolute atomic E-state index is 1.12. The van der Waals surface area contributed by atoms with E-state index in [-0.39, 0.29) is 0 Å². The standard InChI is InChI=1S/C15H26/c1-9-15(13(7)11(4)5)14(8)12(6)10(2)3/h9H2,1-8H3/b15-14-. The van der Waals surface area contributed by atoms with Gasteiger partial charge < -0.3 is 0 Å².